The number of rotatable bonds is 8. The molecule has 1 aliphatic heterocycles. The first-order valence-electron chi connectivity index (χ1n) is 8.95. The van der Waals surface area contributed by atoms with E-state index in [1.54, 1.807) is 32.1 Å². The van der Waals surface area contributed by atoms with Crippen molar-refractivity contribution in [1.82, 2.24) is 0 Å². The number of carbonyl (C=O) groups is 3. The molecule has 9 nitrogen and oxygen atoms in total. The van der Waals surface area contributed by atoms with Gasteiger partial charge in [0.1, 0.15) is 16.4 Å². The second kappa shape index (κ2) is 10.5. The topological polar surface area (TPSA) is 132 Å². The molecule has 0 unspecified atom stereocenters. The molecule has 30 heavy (non-hydrogen) atoms. The molecule has 0 aliphatic carbocycles. The van der Waals surface area contributed by atoms with Gasteiger partial charge in [0, 0.05) is 6.42 Å². The summed E-state index contributed by atoms with van der Waals surface area (Å²) in [5.41, 5.74) is 0.415. The number of aliphatic imine (C=N–C) groups is 1. The van der Waals surface area contributed by atoms with E-state index in [0.29, 0.717) is 10.5 Å². The van der Waals surface area contributed by atoms with E-state index in [0.717, 1.165) is 11.8 Å². The van der Waals surface area contributed by atoms with Crippen molar-refractivity contribution in [2.75, 3.05) is 20.3 Å². The Bertz CT molecular complexity index is 948. The highest BCUT2D eigenvalue weighted by atomic mass is 32.2. The van der Waals surface area contributed by atoms with E-state index in [9.17, 15) is 19.5 Å². The van der Waals surface area contributed by atoms with Gasteiger partial charge in [-0.1, -0.05) is 24.8 Å². The summed E-state index contributed by atoms with van der Waals surface area (Å²) in [5.74, 6) is -2.15. The average Bonchev–Trinajstić information content (AvgIpc) is 3.01. The number of hydrogen-bond donors (Lipinski definition) is 2. The van der Waals surface area contributed by atoms with Crippen molar-refractivity contribution in [2.24, 2.45) is 4.99 Å². The van der Waals surface area contributed by atoms with Crippen LogP contribution in [0.5, 0.6) is 11.5 Å². The van der Waals surface area contributed by atoms with Crippen LogP contribution in [0.2, 0.25) is 0 Å². The molecule has 0 atom stereocenters. The molecule has 1 aliphatic rings. The van der Waals surface area contributed by atoms with Gasteiger partial charge in [0.2, 0.25) is 5.91 Å². The fourth-order valence-electron chi connectivity index (χ4n) is 2.37. The molecule has 2 rings (SSSR count). The number of esters is 1. The van der Waals surface area contributed by atoms with Crippen molar-refractivity contribution in [2.45, 2.75) is 20.3 Å². The quantitative estimate of drug-likeness (QED) is 0.591. The van der Waals surface area contributed by atoms with Crippen LogP contribution < -0.4 is 9.47 Å². The minimum Gasteiger partial charge on any atom is -0.506 e. The summed E-state index contributed by atoms with van der Waals surface area (Å²) in [6, 6.07) is 4.72. The third kappa shape index (κ3) is 5.63. The van der Waals surface area contributed by atoms with Crippen LogP contribution in [-0.4, -0.2) is 53.4 Å². The van der Waals surface area contributed by atoms with Crippen LogP contribution in [0, 0.1) is 0 Å². The number of aliphatic hydroxyl groups excluding tert-OH is 1. The molecule has 0 saturated carbocycles. The molecule has 0 saturated heterocycles. The van der Waals surface area contributed by atoms with E-state index < -0.39 is 24.5 Å². The SMILES string of the molecule is CCOC(=O)C1=C(O)/C(=C/c2ccc(OCC(=O)O)c(OC)c2)SC1=NC(=O)CC. The van der Waals surface area contributed by atoms with E-state index in [1.165, 1.54) is 13.2 Å². The maximum Gasteiger partial charge on any atom is 0.344 e. The molecule has 10 heteroatoms. The van der Waals surface area contributed by atoms with Crippen LogP contribution in [0.1, 0.15) is 25.8 Å². The van der Waals surface area contributed by atoms with Crippen LogP contribution in [0.4, 0.5) is 0 Å². The Labute approximate surface area is 177 Å². The predicted molar refractivity (Wildman–Crippen MR) is 111 cm³/mol. The second-order valence-electron chi connectivity index (χ2n) is 5.81. The second-order valence-corrected chi connectivity index (χ2v) is 6.84. The molecule has 0 spiro atoms. The number of carboxylic acids is 1. The highest BCUT2D eigenvalue weighted by Gasteiger charge is 2.33. The molecule has 2 N–H and O–H groups in total. The van der Waals surface area contributed by atoms with Crippen LogP contribution in [0.25, 0.3) is 6.08 Å². The van der Waals surface area contributed by atoms with Crippen molar-refractivity contribution in [3.8, 4) is 11.5 Å². The number of carboxylic acid groups (broad SMARTS) is 1. The lowest BCUT2D eigenvalue weighted by Crippen LogP contribution is -2.14. The summed E-state index contributed by atoms with van der Waals surface area (Å²) >= 11 is 0.967. The van der Waals surface area contributed by atoms with Gasteiger partial charge >= 0.3 is 11.9 Å². The van der Waals surface area contributed by atoms with Crippen molar-refractivity contribution >= 4 is 40.7 Å². The van der Waals surface area contributed by atoms with E-state index in [1.807, 2.05) is 0 Å². The Morgan fingerprint density at radius 2 is 1.93 bits per heavy atom. The lowest BCUT2D eigenvalue weighted by Gasteiger charge is -2.10. The van der Waals surface area contributed by atoms with Crippen molar-refractivity contribution < 1.29 is 38.8 Å². The molecule has 1 heterocycles. The third-order valence-electron chi connectivity index (χ3n) is 3.74. The van der Waals surface area contributed by atoms with E-state index in [4.69, 9.17) is 19.3 Å². The van der Waals surface area contributed by atoms with Crippen LogP contribution >= 0.6 is 11.8 Å². The maximum atomic E-state index is 12.2. The third-order valence-corrected chi connectivity index (χ3v) is 4.76. The number of ether oxygens (including phenoxy) is 3. The fourth-order valence-corrected chi connectivity index (χ4v) is 3.40. The van der Waals surface area contributed by atoms with Gasteiger partial charge in [0.05, 0.1) is 18.6 Å². The van der Waals surface area contributed by atoms with Gasteiger partial charge in [0.25, 0.3) is 0 Å². The van der Waals surface area contributed by atoms with Gasteiger partial charge in [0.15, 0.2) is 18.1 Å². The van der Waals surface area contributed by atoms with Gasteiger partial charge in [-0.3, -0.25) is 4.79 Å². The number of aliphatic hydroxyl groups is 1. The number of amides is 1. The number of hydrogen-bond acceptors (Lipinski definition) is 8. The van der Waals surface area contributed by atoms with Crippen molar-refractivity contribution in [3.05, 3.63) is 40.0 Å². The number of carbonyl (C=O) groups excluding carboxylic acids is 2. The average molecular weight is 435 g/mol. The summed E-state index contributed by atoms with van der Waals surface area (Å²) in [6.07, 6.45) is 1.72. The van der Waals surface area contributed by atoms with Gasteiger partial charge in [-0.15, -0.1) is 0 Å². The Morgan fingerprint density at radius 3 is 2.53 bits per heavy atom. The molecular formula is C20H21NO8S. The lowest BCUT2D eigenvalue weighted by atomic mass is 10.1. The maximum absolute atomic E-state index is 12.2. The standard InChI is InChI=1S/C20H21NO8S/c1-4-15(22)21-19-17(20(26)28-5-2)18(25)14(30-19)9-11-6-7-12(13(8-11)27-3)29-10-16(23)24/h6-9,25H,4-5,10H2,1-3H3,(H,23,24)/b14-9-,21-19?. The molecule has 160 valence electrons. The predicted octanol–water partition coefficient (Wildman–Crippen LogP) is 2.96. The van der Waals surface area contributed by atoms with Crippen LogP contribution in [-0.2, 0) is 19.1 Å². The van der Waals surface area contributed by atoms with Crippen LogP contribution in [0.15, 0.2) is 39.4 Å². The summed E-state index contributed by atoms with van der Waals surface area (Å²) in [4.78, 5) is 38.9. The largest absolute Gasteiger partial charge is 0.506 e. The monoisotopic (exact) mass is 435 g/mol. The number of aliphatic carboxylic acids is 1. The lowest BCUT2D eigenvalue weighted by molar-refractivity contribution is -0.139. The summed E-state index contributed by atoms with van der Waals surface area (Å²) < 4.78 is 15.3. The zero-order valence-electron chi connectivity index (χ0n) is 16.6. The highest BCUT2D eigenvalue weighted by molar-refractivity contribution is 8.18. The molecular weight excluding hydrogens is 414 g/mol. The van der Waals surface area contributed by atoms with Gasteiger partial charge < -0.3 is 24.4 Å². The van der Waals surface area contributed by atoms with Gasteiger partial charge in [-0.05, 0) is 30.7 Å². The van der Waals surface area contributed by atoms with Gasteiger partial charge in [-0.2, -0.15) is 0 Å². The Balaban J connectivity index is 2.42. The van der Waals surface area contributed by atoms with E-state index in [2.05, 4.69) is 4.99 Å². The van der Waals surface area contributed by atoms with E-state index in [-0.39, 0.29) is 40.9 Å². The first kappa shape index (κ1) is 23.0. The van der Waals surface area contributed by atoms with E-state index >= 15 is 0 Å². The summed E-state index contributed by atoms with van der Waals surface area (Å²) in [7, 11) is 1.40. The molecule has 0 aromatic heterocycles. The number of methoxy groups -OCH3 is 1. The number of benzene rings is 1. The molecule has 1 aromatic carbocycles. The summed E-state index contributed by atoms with van der Waals surface area (Å²) in [6.45, 7) is 2.84. The van der Waals surface area contributed by atoms with Crippen LogP contribution in [0.3, 0.4) is 0 Å². The fraction of sp³-hybridized carbons (Fsp3) is 0.300. The zero-order chi connectivity index (χ0) is 22.3. The first-order valence-corrected chi connectivity index (χ1v) is 9.77. The zero-order valence-corrected chi connectivity index (χ0v) is 17.4. The smallest absolute Gasteiger partial charge is 0.344 e. The Kier molecular flexibility index (Phi) is 8.05. The minimum atomic E-state index is -1.12. The Hall–Kier alpha value is -3.27. The van der Waals surface area contributed by atoms with Crippen molar-refractivity contribution in [1.29, 1.82) is 0 Å². The molecule has 1 amide bonds. The summed E-state index contributed by atoms with van der Waals surface area (Å²) in [5, 5.41) is 19.4. The number of nitrogens with zero attached hydrogens (tertiary/aromatic N) is 1. The normalized spacial score (nSPS) is 16.1. The highest BCUT2D eigenvalue weighted by Crippen LogP contribution is 2.40. The molecule has 0 bridgehead atoms. The van der Waals surface area contributed by atoms with Crippen molar-refractivity contribution in [3.63, 3.8) is 0 Å². The molecule has 0 radical (unpaired) electrons. The first-order chi connectivity index (χ1) is 14.3. The Morgan fingerprint density at radius 1 is 1.20 bits per heavy atom. The molecule has 0 fully saturated rings. The minimum absolute atomic E-state index is 0.0671. The van der Waals surface area contributed by atoms with Gasteiger partial charge in [-0.25, -0.2) is 14.6 Å². The number of thioether (sulfide) groups is 1. The molecule has 1 aromatic rings.